The number of rotatable bonds is 7. The molecule has 0 spiro atoms. The molecule has 0 bridgehead atoms. The van der Waals surface area contributed by atoms with Crippen LogP contribution >= 0.6 is 0 Å². The van der Waals surface area contributed by atoms with E-state index in [1.165, 1.54) is 36.3 Å². The van der Waals surface area contributed by atoms with Crippen molar-refractivity contribution in [3.05, 3.63) is 29.8 Å². The fraction of sp³-hybridized carbons (Fsp3) is 0.467. The molecule has 0 aromatic heterocycles. The number of ether oxygens (including phenoxy) is 2. The third-order valence-corrected chi connectivity index (χ3v) is 5.12. The van der Waals surface area contributed by atoms with E-state index in [-0.39, 0.29) is 49.2 Å². The van der Waals surface area contributed by atoms with E-state index >= 15 is 0 Å². The summed E-state index contributed by atoms with van der Waals surface area (Å²) in [5, 5.41) is 8.98. The zero-order valence-electron chi connectivity index (χ0n) is 13.7. The first kappa shape index (κ1) is 19.3. The Morgan fingerprint density at radius 1 is 1.36 bits per heavy atom. The molecule has 9 nitrogen and oxygen atoms in total. The normalized spacial score (nSPS) is 18.1. The number of methoxy groups -OCH3 is 1. The van der Waals surface area contributed by atoms with Gasteiger partial charge in [-0.25, -0.2) is 17.9 Å². The van der Waals surface area contributed by atoms with Gasteiger partial charge < -0.3 is 19.5 Å². The third kappa shape index (κ3) is 4.98. The van der Waals surface area contributed by atoms with Gasteiger partial charge in [0.2, 0.25) is 10.0 Å². The lowest BCUT2D eigenvalue weighted by atomic mass is 10.1. The lowest BCUT2D eigenvalue weighted by Gasteiger charge is -2.30. The Kier molecular flexibility index (Phi) is 6.48. The second-order valence-electron chi connectivity index (χ2n) is 5.36. The molecule has 138 valence electrons. The fourth-order valence-corrected chi connectivity index (χ4v) is 3.32. The molecule has 1 aliphatic heterocycles. The highest BCUT2D eigenvalue weighted by Gasteiger charge is 2.29. The maximum Gasteiger partial charge on any atom is 0.334 e. The molecule has 0 aliphatic carbocycles. The van der Waals surface area contributed by atoms with Crippen molar-refractivity contribution in [2.45, 2.75) is 11.0 Å². The second kappa shape index (κ2) is 8.39. The van der Waals surface area contributed by atoms with Crippen LogP contribution in [0.5, 0.6) is 0 Å². The molecule has 10 heteroatoms. The Morgan fingerprint density at radius 2 is 2.04 bits per heavy atom. The molecule has 0 saturated carbocycles. The van der Waals surface area contributed by atoms with Crippen molar-refractivity contribution >= 4 is 21.9 Å². The van der Waals surface area contributed by atoms with Crippen molar-refractivity contribution < 1.29 is 32.6 Å². The van der Waals surface area contributed by atoms with Crippen LogP contribution in [-0.2, 0) is 24.3 Å². The average Bonchev–Trinajstić information content (AvgIpc) is 2.61. The maximum absolute atomic E-state index is 12.4. The summed E-state index contributed by atoms with van der Waals surface area (Å²) >= 11 is 0. The fourth-order valence-electron chi connectivity index (χ4n) is 2.30. The largest absolute Gasteiger partial charge is 0.479 e. The highest BCUT2D eigenvalue weighted by atomic mass is 32.2. The predicted molar refractivity (Wildman–Crippen MR) is 86.8 cm³/mol. The minimum atomic E-state index is -3.67. The number of benzene rings is 1. The molecule has 1 atom stereocenters. The first-order valence-electron chi connectivity index (χ1n) is 7.57. The van der Waals surface area contributed by atoms with E-state index in [4.69, 9.17) is 14.6 Å². The summed E-state index contributed by atoms with van der Waals surface area (Å²) in [6.45, 7) is 0.758. The Morgan fingerprint density at radius 3 is 2.64 bits per heavy atom. The highest BCUT2D eigenvalue weighted by Crippen LogP contribution is 2.14. The van der Waals surface area contributed by atoms with E-state index in [0.717, 1.165) is 0 Å². The van der Waals surface area contributed by atoms with Gasteiger partial charge in [-0.2, -0.15) is 0 Å². The third-order valence-electron chi connectivity index (χ3n) is 3.64. The van der Waals surface area contributed by atoms with Crippen molar-refractivity contribution in [2.24, 2.45) is 0 Å². The maximum atomic E-state index is 12.4. The van der Waals surface area contributed by atoms with E-state index in [1.54, 1.807) is 0 Å². The number of nitrogens with zero attached hydrogens (tertiary/aromatic N) is 1. The number of hydrogen-bond donors (Lipinski definition) is 2. The molecule has 25 heavy (non-hydrogen) atoms. The molecule has 0 radical (unpaired) electrons. The minimum Gasteiger partial charge on any atom is -0.479 e. The van der Waals surface area contributed by atoms with Gasteiger partial charge in [0.1, 0.15) is 0 Å². The number of carbonyl (C=O) groups excluding carboxylic acids is 1. The number of carboxylic acids is 1. The number of carboxylic acid groups (broad SMARTS) is 1. The monoisotopic (exact) mass is 372 g/mol. The zero-order valence-corrected chi connectivity index (χ0v) is 14.5. The summed E-state index contributed by atoms with van der Waals surface area (Å²) in [4.78, 5) is 24.8. The molecule has 2 N–H and O–H groups in total. The molecule has 1 aromatic rings. The Balaban J connectivity index is 2.06. The van der Waals surface area contributed by atoms with Gasteiger partial charge in [0, 0.05) is 25.8 Å². The van der Waals surface area contributed by atoms with Crippen molar-refractivity contribution in [3.63, 3.8) is 0 Å². The standard InChI is InChI=1S/C15H20N2O7S/c1-23-8-6-16-25(21,22)12-4-2-11(3-5-12)14(18)17-7-9-24-13(10-17)15(19)20/h2-5,13,16H,6-10H2,1H3,(H,19,20). The number of hydrogen-bond acceptors (Lipinski definition) is 6. The number of morpholine rings is 1. The second-order valence-corrected chi connectivity index (χ2v) is 7.13. The van der Waals surface area contributed by atoms with Crippen LogP contribution < -0.4 is 4.72 Å². The molecular weight excluding hydrogens is 352 g/mol. The van der Waals surface area contributed by atoms with Crippen molar-refractivity contribution in [2.75, 3.05) is 40.0 Å². The number of aliphatic carboxylic acids is 1. The van der Waals surface area contributed by atoms with Gasteiger partial charge in [-0.05, 0) is 24.3 Å². The summed E-state index contributed by atoms with van der Waals surface area (Å²) in [5.41, 5.74) is 0.280. The van der Waals surface area contributed by atoms with Crippen LogP contribution in [-0.4, -0.2) is 76.4 Å². The first-order chi connectivity index (χ1) is 11.8. The summed E-state index contributed by atoms with van der Waals surface area (Å²) in [6.07, 6.45) is -1.05. The molecule has 2 rings (SSSR count). The van der Waals surface area contributed by atoms with E-state index in [1.807, 2.05) is 0 Å². The van der Waals surface area contributed by atoms with Gasteiger partial charge in [0.25, 0.3) is 5.91 Å². The number of nitrogens with one attached hydrogen (secondary N) is 1. The van der Waals surface area contributed by atoms with E-state index in [0.29, 0.717) is 0 Å². The predicted octanol–water partition coefficient (Wildman–Crippen LogP) is -0.463. The molecule has 1 aromatic carbocycles. The highest BCUT2D eigenvalue weighted by molar-refractivity contribution is 7.89. The lowest BCUT2D eigenvalue weighted by molar-refractivity contribution is -0.154. The van der Waals surface area contributed by atoms with Gasteiger partial charge in [-0.1, -0.05) is 0 Å². The Bertz CT molecular complexity index is 718. The van der Waals surface area contributed by atoms with Crippen LogP contribution in [0.4, 0.5) is 0 Å². The lowest BCUT2D eigenvalue weighted by Crippen LogP contribution is -2.48. The van der Waals surface area contributed by atoms with Gasteiger partial charge >= 0.3 is 5.97 Å². The molecule has 1 unspecified atom stereocenters. The van der Waals surface area contributed by atoms with E-state index in [2.05, 4.69) is 4.72 Å². The molecule has 1 heterocycles. The van der Waals surface area contributed by atoms with Gasteiger partial charge in [0.05, 0.1) is 24.7 Å². The Labute approximate surface area is 145 Å². The molecule has 1 amide bonds. The van der Waals surface area contributed by atoms with Crippen LogP contribution in [0.2, 0.25) is 0 Å². The summed E-state index contributed by atoms with van der Waals surface area (Å²) in [6, 6.07) is 5.46. The van der Waals surface area contributed by atoms with E-state index < -0.39 is 22.1 Å². The van der Waals surface area contributed by atoms with Crippen LogP contribution in [0, 0.1) is 0 Å². The summed E-state index contributed by atoms with van der Waals surface area (Å²) in [7, 11) is -2.20. The average molecular weight is 372 g/mol. The zero-order chi connectivity index (χ0) is 18.4. The molecule has 1 saturated heterocycles. The molecule has 1 aliphatic rings. The topological polar surface area (TPSA) is 122 Å². The van der Waals surface area contributed by atoms with Crippen LogP contribution in [0.15, 0.2) is 29.2 Å². The first-order valence-corrected chi connectivity index (χ1v) is 9.06. The van der Waals surface area contributed by atoms with Gasteiger partial charge in [0.15, 0.2) is 6.10 Å². The van der Waals surface area contributed by atoms with Crippen molar-refractivity contribution in [3.8, 4) is 0 Å². The van der Waals surface area contributed by atoms with Crippen molar-refractivity contribution in [1.82, 2.24) is 9.62 Å². The van der Waals surface area contributed by atoms with Crippen molar-refractivity contribution in [1.29, 1.82) is 0 Å². The SMILES string of the molecule is COCCNS(=O)(=O)c1ccc(C(=O)N2CCOC(C(=O)O)C2)cc1. The number of sulfonamides is 1. The quantitative estimate of drug-likeness (QED) is 0.621. The molecular formula is C15H20N2O7S. The number of carbonyl (C=O) groups is 2. The minimum absolute atomic E-state index is 0.0329. The Hall–Kier alpha value is -2.01. The van der Waals surface area contributed by atoms with Gasteiger partial charge in [-0.3, -0.25) is 4.79 Å². The smallest absolute Gasteiger partial charge is 0.334 e. The summed E-state index contributed by atoms with van der Waals surface area (Å²) < 4.78 is 36.4. The molecule has 1 fully saturated rings. The van der Waals surface area contributed by atoms with Crippen LogP contribution in [0.25, 0.3) is 0 Å². The summed E-state index contributed by atoms with van der Waals surface area (Å²) in [5.74, 6) is -1.49. The number of amides is 1. The van der Waals surface area contributed by atoms with E-state index in [9.17, 15) is 18.0 Å². The van der Waals surface area contributed by atoms with Crippen LogP contribution in [0.3, 0.4) is 0 Å². The van der Waals surface area contributed by atoms with Crippen LogP contribution in [0.1, 0.15) is 10.4 Å². The van der Waals surface area contributed by atoms with Gasteiger partial charge in [-0.15, -0.1) is 0 Å².